The number of para-hydroxylation sites is 1. The van der Waals surface area contributed by atoms with Crippen molar-refractivity contribution in [3.8, 4) is 0 Å². The second kappa shape index (κ2) is 8.62. The normalized spacial score (nSPS) is 22.5. The smallest absolute Gasteiger partial charge is 0.308 e. The topological polar surface area (TPSA) is 75.7 Å². The van der Waals surface area contributed by atoms with Crippen molar-refractivity contribution in [3.05, 3.63) is 48.0 Å². The van der Waals surface area contributed by atoms with Gasteiger partial charge in [-0.25, -0.2) is 0 Å². The summed E-state index contributed by atoms with van der Waals surface area (Å²) in [5.74, 6) is -0.995. The van der Waals surface area contributed by atoms with Crippen LogP contribution in [0.5, 0.6) is 0 Å². The third-order valence-electron chi connectivity index (χ3n) is 6.63. The highest BCUT2D eigenvalue weighted by molar-refractivity contribution is 7.99. The molecule has 7 heteroatoms. The van der Waals surface area contributed by atoms with E-state index in [9.17, 15) is 14.4 Å². The molecule has 32 heavy (non-hydrogen) atoms. The number of amides is 2. The number of carbonyl (C=O) groups is 3. The molecule has 3 aliphatic rings. The van der Waals surface area contributed by atoms with Crippen LogP contribution in [-0.2, 0) is 19.1 Å². The van der Waals surface area contributed by atoms with Crippen molar-refractivity contribution < 1.29 is 19.1 Å². The van der Waals surface area contributed by atoms with Crippen molar-refractivity contribution in [2.45, 2.75) is 54.9 Å². The van der Waals surface area contributed by atoms with Crippen LogP contribution < -0.4 is 5.32 Å². The highest BCUT2D eigenvalue weighted by atomic mass is 32.2. The molecule has 2 amide bonds. The predicted molar refractivity (Wildman–Crippen MR) is 122 cm³/mol. The van der Waals surface area contributed by atoms with Crippen molar-refractivity contribution in [2.75, 3.05) is 11.9 Å². The second-order valence-corrected chi connectivity index (χ2v) is 9.77. The minimum atomic E-state index is -0.427. The monoisotopic (exact) mass is 450 g/mol. The summed E-state index contributed by atoms with van der Waals surface area (Å²) in [5, 5.41) is 3.44. The Balaban J connectivity index is 1.19. The lowest BCUT2D eigenvalue weighted by Gasteiger charge is -2.22. The molecule has 0 spiro atoms. The molecule has 2 heterocycles. The molecule has 166 valence electrons. The number of hydrogen-bond donors (Lipinski definition) is 1. The number of anilines is 2. The number of esters is 1. The van der Waals surface area contributed by atoms with Crippen LogP contribution >= 0.6 is 11.8 Å². The Bertz CT molecular complexity index is 1060. The SMILES string of the molecule is CC(OC(=O)CCN1C(=O)C2CCCCC2C1=O)c1ccc2c(c1)Nc1ccccc1S2. The molecule has 3 atom stereocenters. The number of ether oxygens (including phenoxy) is 1. The molecule has 3 unspecified atom stereocenters. The number of imide groups is 1. The van der Waals surface area contributed by atoms with E-state index in [2.05, 4.69) is 11.4 Å². The van der Waals surface area contributed by atoms with Crippen LogP contribution in [0.15, 0.2) is 52.3 Å². The average molecular weight is 451 g/mol. The lowest BCUT2D eigenvalue weighted by atomic mass is 9.81. The molecule has 2 aliphatic heterocycles. The van der Waals surface area contributed by atoms with Crippen LogP contribution in [0.25, 0.3) is 0 Å². The molecule has 2 aromatic rings. The van der Waals surface area contributed by atoms with Crippen LogP contribution in [0.1, 0.15) is 50.7 Å². The van der Waals surface area contributed by atoms with Crippen LogP contribution in [0.2, 0.25) is 0 Å². The maximum Gasteiger partial charge on any atom is 0.308 e. The van der Waals surface area contributed by atoms with Crippen molar-refractivity contribution >= 4 is 40.9 Å². The summed E-state index contributed by atoms with van der Waals surface area (Å²) >= 11 is 1.71. The Morgan fingerprint density at radius 1 is 1.06 bits per heavy atom. The van der Waals surface area contributed by atoms with E-state index >= 15 is 0 Å². The fraction of sp³-hybridized carbons (Fsp3) is 0.400. The molecule has 1 saturated carbocycles. The van der Waals surface area contributed by atoms with E-state index in [0.717, 1.165) is 47.5 Å². The zero-order chi connectivity index (χ0) is 22.2. The average Bonchev–Trinajstić information content (AvgIpc) is 3.05. The molecule has 2 fully saturated rings. The minimum Gasteiger partial charge on any atom is -0.458 e. The summed E-state index contributed by atoms with van der Waals surface area (Å²) in [5.41, 5.74) is 2.95. The molecular formula is C25H26N2O4S. The zero-order valence-corrected chi connectivity index (χ0v) is 18.8. The van der Waals surface area contributed by atoms with Gasteiger partial charge in [0.25, 0.3) is 0 Å². The molecule has 6 nitrogen and oxygen atoms in total. The number of benzene rings is 2. The Hall–Kier alpha value is -2.80. The van der Waals surface area contributed by atoms with Crippen LogP contribution in [-0.4, -0.2) is 29.2 Å². The number of fused-ring (bicyclic) bond motifs is 3. The lowest BCUT2D eigenvalue weighted by molar-refractivity contribution is -0.149. The van der Waals surface area contributed by atoms with Crippen molar-refractivity contribution in [2.24, 2.45) is 11.8 Å². The van der Waals surface area contributed by atoms with Gasteiger partial charge in [0, 0.05) is 16.3 Å². The fourth-order valence-electron chi connectivity index (χ4n) is 4.89. The van der Waals surface area contributed by atoms with E-state index in [1.54, 1.807) is 11.8 Å². The number of nitrogens with one attached hydrogen (secondary N) is 1. The molecular weight excluding hydrogens is 424 g/mol. The Labute approximate surface area is 191 Å². The third kappa shape index (κ3) is 3.90. The fourth-order valence-corrected chi connectivity index (χ4v) is 5.86. The zero-order valence-electron chi connectivity index (χ0n) is 18.0. The highest BCUT2D eigenvalue weighted by Crippen LogP contribution is 2.44. The molecule has 2 aromatic carbocycles. The summed E-state index contributed by atoms with van der Waals surface area (Å²) in [6.07, 6.45) is 3.14. The summed E-state index contributed by atoms with van der Waals surface area (Å²) < 4.78 is 5.62. The Morgan fingerprint density at radius 3 is 2.50 bits per heavy atom. The van der Waals surface area contributed by atoms with Gasteiger partial charge in [0.15, 0.2) is 0 Å². The number of hydrogen-bond acceptors (Lipinski definition) is 6. The van der Waals surface area contributed by atoms with Crippen LogP contribution in [0.3, 0.4) is 0 Å². The maximum atomic E-state index is 12.6. The van der Waals surface area contributed by atoms with E-state index in [4.69, 9.17) is 4.74 Å². The predicted octanol–water partition coefficient (Wildman–Crippen LogP) is 5.06. The van der Waals surface area contributed by atoms with Gasteiger partial charge < -0.3 is 10.1 Å². The molecule has 5 rings (SSSR count). The maximum absolute atomic E-state index is 12.6. The quantitative estimate of drug-likeness (QED) is 0.432. The minimum absolute atomic E-state index is 0.0215. The van der Waals surface area contributed by atoms with E-state index in [1.165, 1.54) is 9.80 Å². The van der Waals surface area contributed by atoms with E-state index in [-0.39, 0.29) is 36.6 Å². The molecule has 1 saturated heterocycles. The van der Waals surface area contributed by atoms with E-state index in [1.807, 2.05) is 43.3 Å². The van der Waals surface area contributed by atoms with E-state index < -0.39 is 12.1 Å². The highest BCUT2D eigenvalue weighted by Gasteiger charge is 2.47. The Morgan fingerprint density at radius 2 is 1.75 bits per heavy atom. The summed E-state index contributed by atoms with van der Waals surface area (Å²) in [6, 6.07) is 14.2. The summed E-state index contributed by atoms with van der Waals surface area (Å²) in [7, 11) is 0. The van der Waals surface area contributed by atoms with Gasteiger partial charge in [-0.3, -0.25) is 19.3 Å². The summed E-state index contributed by atoms with van der Waals surface area (Å²) in [4.78, 5) is 41.2. The molecule has 1 N–H and O–H groups in total. The van der Waals surface area contributed by atoms with Crippen LogP contribution in [0, 0.1) is 11.8 Å². The van der Waals surface area contributed by atoms with Crippen molar-refractivity contribution in [3.63, 3.8) is 0 Å². The lowest BCUT2D eigenvalue weighted by Crippen LogP contribution is -2.33. The first-order valence-electron chi connectivity index (χ1n) is 11.2. The first-order chi connectivity index (χ1) is 15.5. The largest absolute Gasteiger partial charge is 0.458 e. The van der Waals surface area contributed by atoms with Gasteiger partial charge in [0.2, 0.25) is 11.8 Å². The Kier molecular flexibility index (Phi) is 5.67. The number of likely N-dealkylation sites (tertiary alicyclic amines) is 1. The number of carbonyl (C=O) groups excluding carboxylic acids is 3. The van der Waals surface area contributed by atoms with Crippen molar-refractivity contribution in [1.82, 2.24) is 4.90 Å². The van der Waals surface area contributed by atoms with Gasteiger partial charge in [0.1, 0.15) is 6.10 Å². The van der Waals surface area contributed by atoms with Crippen molar-refractivity contribution in [1.29, 1.82) is 0 Å². The van der Waals surface area contributed by atoms with Gasteiger partial charge in [-0.15, -0.1) is 0 Å². The van der Waals surface area contributed by atoms with Crippen LogP contribution in [0.4, 0.5) is 11.4 Å². The number of rotatable bonds is 5. The third-order valence-corrected chi connectivity index (χ3v) is 7.78. The van der Waals surface area contributed by atoms with Gasteiger partial charge >= 0.3 is 5.97 Å². The molecule has 0 bridgehead atoms. The van der Waals surface area contributed by atoms with Gasteiger partial charge in [0.05, 0.1) is 29.6 Å². The second-order valence-electron chi connectivity index (χ2n) is 8.69. The standard InChI is InChI=1S/C25H26N2O4S/c1-15(16-10-11-22-20(14-16)26-19-8-4-5-9-21(19)32-22)31-23(28)12-13-27-24(29)17-6-2-3-7-18(17)25(27)30/h4-5,8-11,14-15,17-18,26H,2-3,6-7,12-13H2,1H3. The van der Waals surface area contributed by atoms with Gasteiger partial charge in [-0.05, 0) is 49.6 Å². The first-order valence-corrected chi connectivity index (χ1v) is 12.1. The first kappa shape index (κ1) is 21.1. The van der Waals surface area contributed by atoms with E-state index in [0.29, 0.717) is 0 Å². The number of nitrogens with zero attached hydrogens (tertiary/aromatic N) is 1. The molecule has 0 aromatic heterocycles. The molecule has 1 aliphatic carbocycles. The van der Waals surface area contributed by atoms with Gasteiger partial charge in [-0.1, -0.05) is 42.8 Å². The summed E-state index contributed by atoms with van der Waals surface area (Å²) in [6.45, 7) is 1.94. The van der Waals surface area contributed by atoms with Gasteiger partial charge in [-0.2, -0.15) is 0 Å². The molecule has 0 radical (unpaired) electrons.